The third kappa shape index (κ3) is 2.16. The molecule has 3 aromatic rings. The van der Waals surface area contributed by atoms with E-state index in [4.69, 9.17) is 15.2 Å². The van der Waals surface area contributed by atoms with Crippen molar-refractivity contribution in [1.82, 2.24) is 9.55 Å². The van der Waals surface area contributed by atoms with Crippen LogP contribution in [0.1, 0.15) is 5.56 Å². The van der Waals surface area contributed by atoms with E-state index in [1.165, 1.54) is 0 Å². The second kappa shape index (κ2) is 5.01. The van der Waals surface area contributed by atoms with Gasteiger partial charge in [0.1, 0.15) is 11.5 Å². The minimum Gasteiger partial charge on any atom is -0.497 e. The lowest BCUT2D eigenvalue weighted by molar-refractivity contribution is 0.402. The number of anilines is 1. The molecule has 0 aliphatic heterocycles. The molecule has 0 unspecified atom stereocenters. The summed E-state index contributed by atoms with van der Waals surface area (Å²) >= 11 is 0. The number of aromatic nitrogens is 2. The van der Waals surface area contributed by atoms with Crippen molar-refractivity contribution in [2.45, 2.75) is 6.92 Å². The number of benzene rings is 2. The predicted molar refractivity (Wildman–Crippen MR) is 83.3 cm³/mol. The molecule has 0 bridgehead atoms. The standard InChI is InChI=1S/C16H17N3O2/c1-10-4-6-13-12(8-10)18-16(17)19(13)14-9-11(20-2)5-7-15(14)21-3/h4-9H,1-3H3,(H2,17,18). The third-order valence-electron chi connectivity index (χ3n) is 3.46. The summed E-state index contributed by atoms with van der Waals surface area (Å²) in [6.45, 7) is 2.03. The van der Waals surface area contributed by atoms with E-state index in [1.807, 2.05) is 47.9 Å². The van der Waals surface area contributed by atoms with Crippen LogP contribution in [0.5, 0.6) is 11.5 Å². The molecule has 0 saturated heterocycles. The molecule has 0 spiro atoms. The number of nitrogens with two attached hydrogens (primary N) is 1. The molecule has 0 aliphatic carbocycles. The van der Waals surface area contributed by atoms with Gasteiger partial charge in [0, 0.05) is 6.07 Å². The van der Waals surface area contributed by atoms with Crippen molar-refractivity contribution in [1.29, 1.82) is 0 Å². The summed E-state index contributed by atoms with van der Waals surface area (Å²) in [6.07, 6.45) is 0. The highest BCUT2D eigenvalue weighted by molar-refractivity contribution is 5.82. The van der Waals surface area contributed by atoms with Gasteiger partial charge in [-0.15, -0.1) is 0 Å². The highest BCUT2D eigenvalue weighted by atomic mass is 16.5. The van der Waals surface area contributed by atoms with Gasteiger partial charge in [-0.25, -0.2) is 4.98 Å². The van der Waals surface area contributed by atoms with E-state index in [2.05, 4.69) is 4.98 Å². The summed E-state index contributed by atoms with van der Waals surface area (Å²) in [5.74, 6) is 1.86. The van der Waals surface area contributed by atoms with Crippen LogP contribution in [0.15, 0.2) is 36.4 Å². The number of imidazole rings is 1. The number of hydrogen-bond donors (Lipinski definition) is 1. The van der Waals surface area contributed by atoms with Crippen LogP contribution in [0.25, 0.3) is 16.7 Å². The fourth-order valence-electron chi connectivity index (χ4n) is 2.43. The number of fused-ring (bicyclic) bond motifs is 1. The Morgan fingerprint density at radius 2 is 1.86 bits per heavy atom. The summed E-state index contributed by atoms with van der Waals surface area (Å²) in [6, 6.07) is 11.6. The SMILES string of the molecule is COc1ccc(OC)c(-n2c(N)nc3cc(C)ccc32)c1. The first-order valence-corrected chi connectivity index (χ1v) is 6.61. The smallest absolute Gasteiger partial charge is 0.206 e. The maximum atomic E-state index is 6.11. The summed E-state index contributed by atoms with van der Waals surface area (Å²) < 4.78 is 12.6. The van der Waals surface area contributed by atoms with Crippen LogP contribution in [-0.4, -0.2) is 23.8 Å². The van der Waals surface area contributed by atoms with E-state index in [9.17, 15) is 0 Å². The number of hydrogen-bond acceptors (Lipinski definition) is 4. The molecule has 0 saturated carbocycles. The molecular formula is C16H17N3O2. The fourth-order valence-corrected chi connectivity index (χ4v) is 2.43. The van der Waals surface area contributed by atoms with Gasteiger partial charge in [-0.3, -0.25) is 4.57 Å². The van der Waals surface area contributed by atoms with Crippen LogP contribution in [0.2, 0.25) is 0 Å². The molecule has 0 radical (unpaired) electrons. The zero-order valence-corrected chi connectivity index (χ0v) is 12.3. The molecule has 0 amide bonds. The molecule has 5 heteroatoms. The average Bonchev–Trinajstić information content (AvgIpc) is 2.81. The van der Waals surface area contributed by atoms with Crippen LogP contribution in [-0.2, 0) is 0 Å². The van der Waals surface area contributed by atoms with Crippen LogP contribution < -0.4 is 15.2 Å². The van der Waals surface area contributed by atoms with E-state index < -0.39 is 0 Å². The van der Waals surface area contributed by atoms with Gasteiger partial charge in [-0.2, -0.15) is 0 Å². The van der Waals surface area contributed by atoms with E-state index in [0.717, 1.165) is 28.0 Å². The van der Waals surface area contributed by atoms with Crippen LogP contribution in [0, 0.1) is 6.92 Å². The van der Waals surface area contributed by atoms with Crippen molar-refractivity contribution in [3.63, 3.8) is 0 Å². The number of ether oxygens (including phenoxy) is 2. The second-order valence-corrected chi connectivity index (χ2v) is 4.84. The van der Waals surface area contributed by atoms with Crippen LogP contribution >= 0.6 is 0 Å². The minimum atomic E-state index is 0.419. The average molecular weight is 283 g/mol. The topological polar surface area (TPSA) is 62.3 Å². The zero-order chi connectivity index (χ0) is 15.0. The number of nitrogen functional groups attached to an aromatic ring is 1. The van der Waals surface area contributed by atoms with Crippen molar-refractivity contribution in [2.75, 3.05) is 20.0 Å². The van der Waals surface area contributed by atoms with Gasteiger partial charge in [-0.05, 0) is 36.8 Å². The van der Waals surface area contributed by atoms with Gasteiger partial charge in [0.25, 0.3) is 0 Å². The second-order valence-electron chi connectivity index (χ2n) is 4.84. The molecule has 1 heterocycles. The normalized spacial score (nSPS) is 10.8. The quantitative estimate of drug-likeness (QED) is 0.802. The monoisotopic (exact) mass is 283 g/mol. The Morgan fingerprint density at radius 1 is 1.05 bits per heavy atom. The minimum absolute atomic E-state index is 0.419. The van der Waals surface area contributed by atoms with Gasteiger partial charge in [0.15, 0.2) is 0 Å². The Hall–Kier alpha value is -2.69. The van der Waals surface area contributed by atoms with Crippen molar-refractivity contribution in [3.8, 4) is 17.2 Å². The molecule has 5 nitrogen and oxygen atoms in total. The molecule has 0 aliphatic rings. The molecule has 21 heavy (non-hydrogen) atoms. The molecule has 3 rings (SSSR count). The highest BCUT2D eigenvalue weighted by Crippen LogP contribution is 2.32. The largest absolute Gasteiger partial charge is 0.497 e. The fraction of sp³-hybridized carbons (Fsp3) is 0.188. The molecular weight excluding hydrogens is 266 g/mol. The summed E-state index contributed by atoms with van der Waals surface area (Å²) in [5, 5.41) is 0. The van der Waals surface area contributed by atoms with E-state index in [-0.39, 0.29) is 0 Å². The van der Waals surface area contributed by atoms with Gasteiger partial charge >= 0.3 is 0 Å². The van der Waals surface area contributed by atoms with Crippen molar-refractivity contribution in [3.05, 3.63) is 42.0 Å². The molecule has 2 aromatic carbocycles. The van der Waals surface area contributed by atoms with Crippen LogP contribution in [0.4, 0.5) is 5.95 Å². The van der Waals surface area contributed by atoms with E-state index in [0.29, 0.717) is 11.7 Å². The molecule has 1 aromatic heterocycles. The predicted octanol–water partition coefficient (Wildman–Crippen LogP) is 2.93. The zero-order valence-electron chi connectivity index (χ0n) is 12.3. The Bertz CT molecular complexity index is 809. The Labute approximate surface area is 122 Å². The number of methoxy groups -OCH3 is 2. The summed E-state index contributed by atoms with van der Waals surface area (Å²) in [4.78, 5) is 4.43. The highest BCUT2D eigenvalue weighted by Gasteiger charge is 2.14. The summed E-state index contributed by atoms with van der Waals surface area (Å²) in [7, 11) is 3.26. The van der Waals surface area contributed by atoms with Gasteiger partial charge in [0.2, 0.25) is 5.95 Å². The van der Waals surface area contributed by atoms with Crippen LogP contribution in [0.3, 0.4) is 0 Å². The first kappa shape index (κ1) is 13.3. The number of rotatable bonds is 3. The first-order chi connectivity index (χ1) is 10.1. The third-order valence-corrected chi connectivity index (χ3v) is 3.46. The molecule has 0 atom stereocenters. The Balaban J connectivity index is 2.31. The maximum Gasteiger partial charge on any atom is 0.206 e. The lowest BCUT2D eigenvalue weighted by Crippen LogP contribution is -2.03. The number of nitrogens with zero attached hydrogens (tertiary/aromatic N) is 2. The van der Waals surface area contributed by atoms with E-state index >= 15 is 0 Å². The van der Waals surface area contributed by atoms with E-state index in [1.54, 1.807) is 14.2 Å². The lowest BCUT2D eigenvalue weighted by Gasteiger charge is -2.13. The lowest BCUT2D eigenvalue weighted by atomic mass is 10.2. The number of aryl methyl sites for hydroxylation is 1. The van der Waals surface area contributed by atoms with Crippen molar-refractivity contribution >= 4 is 17.0 Å². The van der Waals surface area contributed by atoms with Gasteiger partial charge in [0.05, 0.1) is 30.9 Å². The van der Waals surface area contributed by atoms with Crippen molar-refractivity contribution < 1.29 is 9.47 Å². The first-order valence-electron chi connectivity index (χ1n) is 6.61. The van der Waals surface area contributed by atoms with Gasteiger partial charge < -0.3 is 15.2 Å². The molecule has 108 valence electrons. The molecule has 0 fully saturated rings. The van der Waals surface area contributed by atoms with Gasteiger partial charge in [-0.1, -0.05) is 6.07 Å². The summed E-state index contributed by atoms with van der Waals surface area (Å²) in [5.41, 5.74) is 9.85. The maximum absolute atomic E-state index is 6.11. The Kier molecular flexibility index (Phi) is 3.17. The van der Waals surface area contributed by atoms with Crippen molar-refractivity contribution in [2.24, 2.45) is 0 Å². The molecule has 2 N–H and O–H groups in total. The Morgan fingerprint density at radius 3 is 2.57 bits per heavy atom.